The summed E-state index contributed by atoms with van der Waals surface area (Å²) >= 11 is 0. The van der Waals surface area contributed by atoms with Crippen molar-refractivity contribution in [1.82, 2.24) is 10.2 Å². The highest BCUT2D eigenvalue weighted by atomic mass is 32.2. The minimum Gasteiger partial charge on any atom is -0.731 e. The first-order chi connectivity index (χ1) is 12.8. The van der Waals surface area contributed by atoms with Crippen LogP contribution in [0.4, 0.5) is 5.69 Å². The molecular weight excluding hydrogens is 370 g/mol. The fourth-order valence-corrected chi connectivity index (χ4v) is 3.57. The molecule has 0 aliphatic carbocycles. The van der Waals surface area contributed by atoms with Crippen LogP contribution >= 0.6 is 0 Å². The minimum absolute atomic E-state index is 0.120. The van der Waals surface area contributed by atoms with Gasteiger partial charge in [0.15, 0.2) is 10.3 Å². The van der Waals surface area contributed by atoms with E-state index in [0.29, 0.717) is 11.1 Å². The van der Waals surface area contributed by atoms with E-state index in [0.717, 1.165) is 5.56 Å². The Labute approximate surface area is 157 Å². The van der Waals surface area contributed by atoms with Crippen LogP contribution in [-0.4, -0.2) is 42.8 Å². The van der Waals surface area contributed by atoms with Gasteiger partial charge in [-0.3, -0.25) is 14.3 Å². The number of carbonyl (C=O) groups excluding carboxylic acids is 2. The van der Waals surface area contributed by atoms with Gasteiger partial charge in [0.25, 0.3) is 5.91 Å². The van der Waals surface area contributed by atoms with Crippen molar-refractivity contribution in [2.45, 2.75) is 19.0 Å². The number of rotatable bonds is 4. The van der Waals surface area contributed by atoms with Crippen LogP contribution in [0.3, 0.4) is 0 Å². The maximum Gasteiger partial charge on any atom is 0.254 e. The Kier molecular flexibility index (Phi) is 5.15. The van der Waals surface area contributed by atoms with Gasteiger partial charge in [0, 0.05) is 31.3 Å². The number of hydrogen-bond acceptors (Lipinski definition) is 5. The summed E-state index contributed by atoms with van der Waals surface area (Å²) in [6, 6.07) is 12.5. The summed E-state index contributed by atoms with van der Waals surface area (Å²) in [4.78, 5) is 26.7. The van der Waals surface area contributed by atoms with Crippen LogP contribution in [0.15, 0.2) is 48.5 Å². The summed E-state index contributed by atoms with van der Waals surface area (Å²) in [5.74, 6) is -0.584. The standard InChI is InChI=1S/C18H19N3O5S/c1-19-17(22)16-10-13-7-8-15(20-27(24,25)26)9-14(13)11-21(16)18(23)12-5-3-2-4-6-12/h2-9,16,20H,10-11H2,1H3,(H,19,22)(H,24,25,26)/p-1/t16-/m0/s1. The molecule has 3 rings (SSSR count). The molecule has 142 valence electrons. The average molecular weight is 388 g/mol. The van der Waals surface area contributed by atoms with Gasteiger partial charge in [0.1, 0.15) is 6.04 Å². The Morgan fingerprint density at radius 2 is 1.81 bits per heavy atom. The number of anilines is 1. The van der Waals surface area contributed by atoms with Crippen LogP contribution in [0.5, 0.6) is 0 Å². The van der Waals surface area contributed by atoms with Crippen molar-refractivity contribution < 1.29 is 22.6 Å². The van der Waals surface area contributed by atoms with E-state index in [1.165, 1.54) is 24.1 Å². The van der Waals surface area contributed by atoms with Gasteiger partial charge < -0.3 is 14.8 Å². The number of nitrogens with zero attached hydrogens (tertiary/aromatic N) is 1. The monoisotopic (exact) mass is 388 g/mol. The second-order valence-corrected chi connectivity index (χ2v) is 7.29. The van der Waals surface area contributed by atoms with Crippen LogP contribution in [-0.2, 0) is 28.1 Å². The van der Waals surface area contributed by atoms with Gasteiger partial charge in [-0.25, -0.2) is 8.42 Å². The molecule has 0 unspecified atom stereocenters. The molecule has 27 heavy (non-hydrogen) atoms. The van der Waals surface area contributed by atoms with E-state index in [9.17, 15) is 22.6 Å². The number of fused-ring (bicyclic) bond motifs is 1. The van der Waals surface area contributed by atoms with E-state index in [2.05, 4.69) is 5.32 Å². The van der Waals surface area contributed by atoms with Gasteiger partial charge in [0.05, 0.1) is 0 Å². The lowest BCUT2D eigenvalue weighted by Gasteiger charge is -2.36. The van der Waals surface area contributed by atoms with Crippen molar-refractivity contribution >= 4 is 27.8 Å². The number of hydrogen-bond donors (Lipinski definition) is 2. The molecule has 0 saturated carbocycles. The van der Waals surface area contributed by atoms with Crippen molar-refractivity contribution in [1.29, 1.82) is 0 Å². The molecule has 0 spiro atoms. The zero-order valence-corrected chi connectivity index (χ0v) is 15.3. The minimum atomic E-state index is -4.65. The molecule has 2 N–H and O–H groups in total. The second-order valence-electron chi connectivity index (χ2n) is 6.17. The molecule has 1 aliphatic rings. The third kappa shape index (κ3) is 4.26. The molecule has 1 heterocycles. The van der Waals surface area contributed by atoms with Crippen molar-refractivity contribution in [3.63, 3.8) is 0 Å². The maximum absolute atomic E-state index is 12.9. The quantitative estimate of drug-likeness (QED) is 0.754. The van der Waals surface area contributed by atoms with Gasteiger partial charge in [-0.1, -0.05) is 24.3 Å². The predicted octanol–water partition coefficient (Wildman–Crippen LogP) is 0.872. The summed E-state index contributed by atoms with van der Waals surface area (Å²) in [5, 5.41) is 2.58. The Morgan fingerprint density at radius 3 is 2.44 bits per heavy atom. The largest absolute Gasteiger partial charge is 0.731 e. The van der Waals surface area contributed by atoms with Crippen molar-refractivity contribution in [2.75, 3.05) is 11.8 Å². The predicted molar refractivity (Wildman–Crippen MR) is 97.6 cm³/mol. The summed E-state index contributed by atoms with van der Waals surface area (Å²) in [7, 11) is -3.14. The highest BCUT2D eigenvalue weighted by Crippen LogP contribution is 2.28. The SMILES string of the molecule is CNC(=O)[C@@H]1Cc2ccc(NS(=O)(=O)[O-])cc2CN1C(=O)c1ccccc1. The number of nitrogens with one attached hydrogen (secondary N) is 2. The topological polar surface area (TPSA) is 119 Å². The zero-order valence-electron chi connectivity index (χ0n) is 14.5. The number of benzene rings is 2. The van der Waals surface area contributed by atoms with Gasteiger partial charge in [-0.2, -0.15) is 0 Å². The summed E-state index contributed by atoms with van der Waals surface area (Å²) in [6.07, 6.45) is 0.290. The lowest BCUT2D eigenvalue weighted by Crippen LogP contribution is -2.51. The van der Waals surface area contributed by atoms with E-state index in [-0.39, 0.29) is 30.5 Å². The summed E-state index contributed by atoms with van der Waals surface area (Å²) < 4.78 is 34.7. The lowest BCUT2D eigenvalue weighted by atomic mass is 9.92. The highest BCUT2D eigenvalue weighted by Gasteiger charge is 2.34. The van der Waals surface area contributed by atoms with Gasteiger partial charge in [0.2, 0.25) is 5.91 Å². The van der Waals surface area contributed by atoms with Gasteiger partial charge in [-0.15, -0.1) is 0 Å². The maximum atomic E-state index is 12.9. The number of amides is 2. The van der Waals surface area contributed by atoms with Crippen LogP contribution < -0.4 is 10.0 Å². The average Bonchev–Trinajstić information content (AvgIpc) is 2.65. The molecular formula is C18H18N3O5S-. The molecule has 0 radical (unpaired) electrons. The van der Waals surface area contributed by atoms with E-state index >= 15 is 0 Å². The second kappa shape index (κ2) is 7.37. The summed E-state index contributed by atoms with van der Waals surface area (Å²) in [5.41, 5.74) is 2.06. The van der Waals surface area contributed by atoms with Crippen molar-refractivity contribution in [3.8, 4) is 0 Å². The van der Waals surface area contributed by atoms with Gasteiger partial charge >= 0.3 is 0 Å². The first-order valence-electron chi connectivity index (χ1n) is 8.21. The fraction of sp³-hybridized carbons (Fsp3) is 0.222. The van der Waals surface area contributed by atoms with E-state index in [4.69, 9.17) is 0 Å². The molecule has 0 saturated heterocycles. The summed E-state index contributed by atoms with van der Waals surface area (Å²) in [6.45, 7) is 0.121. The van der Waals surface area contributed by atoms with Crippen LogP contribution in [0, 0.1) is 0 Å². The Morgan fingerprint density at radius 1 is 1.11 bits per heavy atom. The lowest BCUT2D eigenvalue weighted by molar-refractivity contribution is -0.125. The smallest absolute Gasteiger partial charge is 0.254 e. The normalized spacial score (nSPS) is 16.4. The van der Waals surface area contributed by atoms with E-state index < -0.39 is 16.3 Å². The van der Waals surface area contributed by atoms with Gasteiger partial charge in [-0.05, 0) is 35.4 Å². The molecule has 9 heteroatoms. The van der Waals surface area contributed by atoms with Crippen LogP contribution in [0.25, 0.3) is 0 Å². The molecule has 0 aromatic heterocycles. The first-order valence-corrected chi connectivity index (χ1v) is 9.62. The molecule has 2 aromatic rings. The van der Waals surface area contributed by atoms with Crippen molar-refractivity contribution in [2.24, 2.45) is 0 Å². The Bertz CT molecular complexity index is 976. The Hall–Kier alpha value is -2.91. The molecule has 2 amide bonds. The van der Waals surface area contributed by atoms with E-state index in [1.54, 1.807) is 36.4 Å². The molecule has 1 atom stereocenters. The molecule has 0 fully saturated rings. The zero-order chi connectivity index (χ0) is 19.6. The molecule has 2 aromatic carbocycles. The third-order valence-electron chi connectivity index (χ3n) is 4.41. The van der Waals surface area contributed by atoms with Crippen molar-refractivity contribution in [3.05, 3.63) is 65.2 Å². The number of carbonyl (C=O) groups is 2. The van der Waals surface area contributed by atoms with E-state index in [1.807, 2.05) is 4.72 Å². The third-order valence-corrected chi connectivity index (χ3v) is 4.90. The first kappa shape index (κ1) is 18.9. The number of likely N-dealkylation sites (N-methyl/N-ethyl adjacent to an activating group) is 1. The van der Waals surface area contributed by atoms with Crippen LogP contribution in [0.1, 0.15) is 21.5 Å². The fourth-order valence-electron chi connectivity index (χ4n) is 3.15. The van der Waals surface area contributed by atoms with Crippen LogP contribution in [0.2, 0.25) is 0 Å². The molecule has 1 aliphatic heterocycles. The Balaban J connectivity index is 1.97. The molecule has 8 nitrogen and oxygen atoms in total. The highest BCUT2D eigenvalue weighted by molar-refractivity contribution is 7.87. The molecule has 0 bridgehead atoms.